The van der Waals surface area contributed by atoms with E-state index in [1.807, 2.05) is 36.5 Å². The van der Waals surface area contributed by atoms with Crippen LogP contribution in [0.2, 0.25) is 0 Å². The number of rotatable bonds is 41. The number of carbonyl (C=O) groups excluding carboxylic acids is 3. The van der Waals surface area contributed by atoms with E-state index in [9.17, 15) is 14.4 Å². The highest BCUT2D eigenvalue weighted by molar-refractivity contribution is 5.71. The van der Waals surface area contributed by atoms with Gasteiger partial charge in [-0.05, 0) is 64.2 Å². The Bertz CT molecular complexity index is 1160. The molecule has 6 nitrogen and oxygen atoms in total. The predicted octanol–water partition coefficient (Wildman–Crippen LogP) is 15.3. The average Bonchev–Trinajstić information content (AvgIpc) is 3.22. The third-order valence-corrected chi connectivity index (χ3v) is 9.79. The van der Waals surface area contributed by atoms with Crippen LogP contribution < -0.4 is 0 Å². The maximum Gasteiger partial charge on any atom is 0.306 e. The molecular weight excluding hydrogens is 721 g/mol. The highest BCUT2D eigenvalue weighted by Gasteiger charge is 2.19. The molecule has 0 aromatic carbocycles. The Balaban J connectivity index is 4.45. The molecule has 330 valence electrons. The zero-order valence-corrected chi connectivity index (χ0v) is 37.5. The monoisotopic (exact) mass is 807 g/mol. The van der Waals surface area contributed by atoms with Crippen LogP contribution in [0.1, 0.15) is 207 Å². The Morgan fingerprint density at radius 3 is 1.07 bits per heavy atom. The van der Waals surface area contributed by atoms with Gasteiger partial charge in [-0.1, -0.05) is 209 Å². The fourth-order valence-corrected chi connectivity index (χ4v) is 6.22. The Hall–Kier alpha value is -3.41. The molecule has 0 aromatic heterocycles. The van der Waals surface area contributed by atoms with Crippen LogP contribution in [0.4, 0.5) is 0 Å². The molecule has 0 saturated carbocycles. The smallest absolute Gasteiger partial charge is 0.306 e. The topological polar surface area (TPSA) is 78.9 Å². The van der Waals surface area contributed by atoms with Gasteiger partial charge in [0.15, 0.2) is 6.10 Å². The molecular formula is C52H86O6. The van der Waals surface area contributed by atoms with E-state index in [0.717, 1.165) is 89.9 Å². The maximum atomic E-state index is 12.7. The van der Waals surface area contributed by atoms with Crippen LogP contribution in [0, 0.1) is 0 Å². The van der Waals surface area contributed by atoms with Crippen LogP contribution in [-0.2, 0) is 28.6 Å². The maximum absolute atomic E-state index is 12.7. The van der Waals surface area contributed by atoms with E-state index in [4.69, 9.17) is 14.2 Å². The molecule has 0 aliphatic heterocycles. The largest absolute Gasteiger partial charge is 0.462 e. The first-order valence-corrected chi connectivity index (χ1v) is 23.7. The van der Waals surface area contributed by atoms with Crippen LogP contribution in [-0.4, -0.2) is 37.2 Å². The molecule has 0 amide bonds. The quantitative estimate of drug-likeness (QED) is 0.0265. The van der Waals surface area contributed by atoms with Gasteiger partial charge in [-0.3, -0.25) is 14.4 Å². The number of hydrogen-bond acceptors (Lipinski definition) is 6. The number of ether oxygens (including phenoxy) is 3. The van der Waals surface area contributed by atoms with Crippen molar-refractivity contribution >= 4 is 17.9 Å². The second kappa shape index (κ2) is 46.3. The summed E-state index contributed by atoms with van der Waals surface area (Å²) in [6.45, 7) is 6.39. The van der Waals surface area contributed by atoms with Crippen molar-refractivity contribution in [3.05, 3.63) is 85.1 Å². The first-order chi connectivity index (χ1) is 28.5. The fraction of sp³-hybridized carbons (Fsp3) is 0.673. The van der Waals surface area contributed by atoms with E-state index in [0.29, 0.717) is 19.3 Å². The van der Waals surface area contributed by atoms with Crippen LogP contribution in [0.3, 0.4) is 0 Å². The lowest BCUT2D eigenvalue weighted by atomic mass is 10.1. The molecule has 0 spiro atoms. The highest BCUT2D eigenvalue weighted by Crippen LogP contribution is 2.13. The molecule has 6 heteroatoms. The van der Waals surface area contributed by atoms with Crippen molar-refractivity contribution in [1.82, 2.24) is 0 Å². The predicted molar refractivity (Wildman–Crippen MR) is 247 cm³/mol. The second-order valence-corrected chi connectivity index (χ2v) is 15.4. The normalized spacial score (nSPS) is 12.8. The summed E-state index contributed by atoms with van der Waals surface area (Å²) in [7, 11) is 0. The summed E-state index contributed by atoms with van der Waals surface area (Å²) in [5.41, 5.74) is 0. The number of esters is 3. The fourth-order valence-electron chi connectivity index (χ4n) is 6.22. The highest BCUT2D eigenvalue weighted by atomic mass is 16.6. The third kappa shape index (κ3) is 43.7. The van der Waals surface area contributed by atoms with Crippen molar-refractivity contribution in [3.63, 3.8) is 0 Å². The minimum Gasteiger partial charge on any atom is -0.462 e. The Morgan fingerprint density at radius 1 is 0.362 bits per heavy atom. The molecule has 1 atom stereocenters. The average molecular weight is 807 g/mol. The summed E-state index contributed by atoms with van der Waals surface area (Å²) in [6, 6.07) is 0. The molecule has 0 heterocycles. The molecule has 0 radical (unpaired) electrons. The van der Waals surface area contributed by atoms with Crippen LogP contribution in [0.5, 0.6) is 0 Å². The molecule has 0 fully saturated rings. The first-order valence-electron chi connectivity index (χ1n) is 23.7. The van der Waals surface area contributed by atoms with E-state index in [2.05, 4.69) is 69.4 Å². The van der Waals surface area contributed by atoms with Gasteiger partial charge < -0.3 is 14.2 Å². The molecule has 0 saturated heterocycles. The van der Waals surface area contributed by atoms with E-state index < -0.39 is 6.10 Å². The summed E-state index contributed by atoms with van der Waals surface area (Å²) < 4.78 is 16.7. The number of unbranched alkanes of at least 4 members (excludes halogenated alkanes) is 21. The number of carbonyl (C=O) groups is 3. The Labute approximate surface area is 356 Å². The summed E-state index contributed by atoms with van der Waals surface area (Å²) in [6.07, 6.45) is 58.5. The van der Waals surface area contributed by atoms with Crippen molar-refractivity contribution < 1.29 is 28.6 Å². The third-order valence-electron chi connectivity index (χ3n) is 9.79. The molecule has 58 heavy (non-hydrogen) atoms. The second-order valence-electron chi connectivity index (χ2n) is 15.4. The van der Waals surface area contributed by atoms with E-state index in [1.54, 1.807) is 0 Å². The van der Waals surface area contributed by atoms with Gasteiger partial charge in [0.1, 0.15) is 13.2 Å². The SMILES string of the molecule is CC\C=C/C=C\C=C/C=C\CCCCCC(=O)OC(COC(=O)CCCCCCC\C=C/C=C\C=C/CCCCCCC)COC(=O)CCCCCCCCCCC. The molecule has 0 bridgehead atoms. The zero-order valence-electron chi connectivity index (χ0n) is 37.5. The van der Waals surface area contributed by atoms with Gasteiger partial charge in [0.25, 0.3) is 0 Å². The lowest BCUT2D eigenvalue weighted by molar-refractivity contribution is -0.167. The van der Waals surface area contributed by atoms with Crippen molar-refractivity contribution in [3.8, 4) is 0 Å². The van der Waals surface area contributed by atoms with Crippen LogP contribution in [0.15, 0.2) is 85.1 Å². The standard InChI is InChI=1S/C52H86O6/c1-4-7-10-13-16-19-21-23-24-25-26-27-29-30-33-36-39-42-45-51(54)57-48-49(47-56-50(53)44-41-38-35-32-18-15-12-9-6-3)58-52(55)46-43-40-37-34-31-28-22-20-17-14-11-8-5-2/h8,11,14,17,20-28,31,49H,4-7,9-10,12-13,15-16,18-19,29-30,32-48H2,1-3H3/b11-8-,17-14-,22-20-,23-21-,25-24-,27-26-,31-28-. The molecule has 0 aliphatic rings. The first kappa shape index (κ1) is 54.6. The molecule has 0 aliphatic carbocycles. The summed E-state index contributed by atoms with van der Waals surface area (Å²) >= 11 is 0. The van der Waals surface area contributed by atoms with Crippen molar-refractivity contribution in [2.75, 3.05) is 13.2 Å². The molecule has 1 unspecified atom stereocenters. The minimum atomic E-state index is -0.802. The van der Waals surface area contributed by atoms with Crippen molar-refractivity contribution in [2.24, 2.45) is 0 Å². The number of allylic oxidation sites excluding steroid dienone is 14. The van der Waals surface area contributed by atoms with Gasteiger partial charge >= 0.3 is 17.9 Å². The summed E-state index contributed by atoms with van der Waals surface area (Å²) in [5.74, 6) is -0.968. The van der Waals surface area contributed by atoms with Gasteiger partial charge in [0, 0.05) is 19.3 Å². The van der Waals surface area contributed by atoms with Crippen molar-refractivity contribution in [2.45, 2.75) is 213 Å². The van der Waals surface area contributed by atoms with Crippen LogP contribution >= 0.6 is 0 Å². The lowest BCUT2D eigenvalue weighted by Crippen LogP contribution is -2.30. The van der Waals surface area contributed by atoms with Gasteiger partial charge in [-0.25, -0.2) is 0 Å². The van der Waals surface area contributed by atoms with E-state index in [1.165, 1.54) is 70.6 Å². The molecule has 0 aromatic rings. The Morgan fingerprint density at radius 2 is 0.672 bits per heavy atom. The summed E-state index contributed by atoms with van der Waals surface area (Å²) in [4.78, 5) is 37.7. The van der Waals surface area contributed by atoms with E-state index >= 15 is 0 Å². The van der Waals surface area contributed by atoms with Gasteiger partial charge in [0.05, 0.1) is 0 Å². The zero-order chi connectivity index (χ0) is 42.3. The van der Waals surface area contributed by atoms with Gasteiger partial charge in [0.2, 0.25) is 0 Å². The van der Waals surface area contributed by atoms with Crippen LogP contribution in [0.25, 0.3) is 0 Å². The van der Waals surface area contributed by atoms with E-state index in [-0.39, 0.29) is 37.5 Å². The van der Waals surface area contributed by atoms with Gasteiger partial charge in [-0.15, -0.1) is 0 Å². The minimum absolute atomic E-state index is 0.0994. The lowest BCUT2D eigenvalue weighted by Gasteiger charge is -2.18. The molecule has 0 rings (SSSR count). The Kier molecular flexibility index (Phi) is 43.6. The van der Waals surface area contributed by atoms with Gasteiger partial charge in [-0.2, -0.15) is 0 Å². The van der Waals surface area contributed by atoms with Crippen molar-refractivity contribution in [1.29, 1.82) is 0 Å². The molecule has 0 N–H and O–H groups in total. The number of hydrogen-bond donors (Lipinski definition) is 0. The summed E-state index contributed by atoms with van der Waals surface area (Å²) in [5, 5.41) is 0.